The maximum atomic E-state index is 4.68. The number of aromatic nitrogens is 2. The predicted octanol–water partition coefficient (Wildman–Crippen LogP) is 1.99. The molecule has 0 fully saturated rings. The van der Waals surface area contributed by atoms with Crippen molar-refractivity contribution in [1.29, 1.82) is 0 Å². The lowest BCUT2D eigenvalue weighted by molar-refractivity contribution is -0.00000505. The molecule has 4 nitrogen and oxygen atoms in total. The highest BCUT2D eigenvalue weighted by atomic mass is 35.5. The molecular formula is C21H18ClN4-. The van der Waals surface area contributed by atoms with Gasteiger partial charge in [0.1, 0.15) is 5.82 Å². The third kappa shape index (κ3) is 4.10. The summed E-state index contributed by atoms with van der Waals surface area (Å²) in [6.07, 6.45) is 0. The summed E-state index contributed by atoms with van der Waals surface area (Å²) in [4.78, 5) is 9.30. The molecule has 0 amide bonds. The van der Waals surface area contributed by atoms with Crippen LogP contribution in [0.5, 0.6) is 0 Å². The van der Waals surface area contributed by atoms with Gasteiger partial charge in [0.15, 0.2) is 0 Å². The van der Waals surface area contributed by atoms with Crippen LogP contribution in [0.15, 0.2) is 84.9 Å². The zero-order valence-electron chi connectivity index (χ0n) is 14.1. The van der Waals surface area contributed by atoms with Gasteiger partial charge in [-0.25, -0.2) is 4.98 Å². The third-order valence-corrected chi connectivity index (χ3v) is 3.94. The lowest BCUT2D eigenvalue weighted by atomic mass is 10.2. The number of hydrogen-bond donors (Lipinski definition) is 2. The summed E-state index contributed by atoms with van der Waals surface area (Å²) in [6.45, 7) is 0.715. The molecule has 26 heavy (non-hydrogen) atoms. The summed E-state index contributed by atoms with van der Waals surface area (Å²) in [5.41, 5.74) is 3.08. The Bertz CT molecular complexity index is 975. The van der Waals surface area contributed by atoms with Crippen molar-refractivity contribution in [2.24, 2.45) is 0 Å². The molecule has 0 aliphatic rings. The van der Waals surface area contributed by atoms with Crippen molar-refractivity contribution >= 4 is 28.4 Å². The first kappa shape index (κ1) is 17.7. The number of para-hydroxylation sites is 2. The topological polar surface area (TPSA) is 49.8 Å². The maximum absolute atomic E-state index is 4.68. The van der Waals surface area contributed by atoms with Gasteiger partial charge in [-0.2, -0.15) is 4.98 Å². The molecule has 0 saturated heterocycles. The zero-order chi connectivity index (χ0) is 16.9. The van der Waals surface area contributed by atoms with E-state index < -0.39 is 0 Å². The highest BCUT2D eigenvalue weighted by Crippen LogP contribution is 2.24. The second kappa shape index (κ2) is 8.32. The standard InChI is InChI=1S/C21H18N4.ClH/c1-3-9-16(10-4-1)15-22-20-18-13-7-8-14-19(18)24-21(25-20)23-17-11-5-2-6-12-17;/h1-14H,15H2,(H2,22,23,24,25);1H/p-1. The SMILES string of the molecule is [Cl-].c1ccc(CNc2nc(Nc3ccccc3)nc3ccccc23)cc1. The molecule has 0 unspecified atom stereocenters. The molecule has 0 spiro atoms. The minimum absolute atomic E-state index is 0. The number of fused-ring (bicyclic) bond motifs is 1. The van der Waals surface area contributed by atoms with Crippen molar-refractivity contribution in [2.45, 2.75) is 6.54 Å². The number of hydrogen-bond acceptors (Lipinski definition) is 4. The van der Waals surface area contributed by atoms with E-state index in [4.69, 9.17) is 0 Å². The van der Waals surface area contributed by atoms with Gasteiger partial charge in [-0.1, -0.05) is 60.7 Å². The van der Waals surface area contributed by atoms with E-state index in [1.54, 1.807) is 0 Å². The van der Waals surface area contributed by atoms with E-state index in [0.717, 1.165) is 22.4 Å². The zero-order valence-corrected chi connectivity index (χ0v) is 14.8. The van der Waals surface area contributed by atoms with Crippen LogP contribution < -0.4 is 23.0 Å². The molecule has 0 aliphatic carbocycles. The molecule has 0 aliphatic heterocycles. The van der Waals surface area contributed by atoms with Gasteiger partial charge >= 0.3 is 0 Å². The molecule has 0 atom stereocenters. The van der Waals surface area contributed by atoms with Gasteiger partial charge in [-0.3, -0.25) is 0 Å². The number of anilines is 3. The van der Waals surface area contributed by atoms with Crippen molar-refractivity contribution in [1.82, 2.24) is 9.97 Å². The van der Waals surface area contributed by atoms with E-state index in [9.17, 15) is 0 Å². The molecule has 5 heteroatoms. The van der Waals surface area contributed by atoms with Crippen molar-refractivity contribution in [3.8, 4) is 0 Å². The van der Waals surface area contributed by atoms with Crippen molar-refractivity contribution in [3.05, 3.63) is 90.5 Å². The highest BCUT2D eigenvalue weighted by Gasteiger charge is 2.07. The number of nitrogens with zero attached hydrogens (tertiary/aromatic N) is 2. The van der Waals surface area contributed by atoms with Gasteiger partial charge in [0.05, 0.1) is 5.52 Å². The Labute approximate surface area is 158 Å². The van der Waals surface area contributed by atoms with Gasteiger partial charge in [0, 0.05) is 17.6 Å². The van der Waals surface area contributed by atoms with Crippen LogP contribution in [0, 0.1) is 0 Å². The normalized spacial score (nSPS) is 10.2. The van der Waals surface area contributed by atoms with Gasteiger partial charge in [-0.05, 0) is 29.8 Å². The van der Waals surface area contributed by atoms with E-state index in [1.807, 2.05) is 72.8 Å². The van der Waals surface area contributed by atoms with Crippen LogP contribution in [0.25, 0.3) is 10.9 Å². The van der Waals surface area contributed by atoms with Gasteiger partial charge < -0.3 is 23.0 Å². The Kier molecular flexibility index (Phi) is 5.66. The van der Waals surface area contributed by atoms with E-state index in [2.05, 4.69) is 32.7 Å². The molecule has 2 N–H and O–H groups in total. The first-order valence-electron chi connectivity index (χ1n) is 8.25. The molecule has 4 rings (SSSR count). The quantitative estimate of drug-likeness (QED) is 0.571. The van der Waals surface area contributed by atoms with Crippen LogP contribution in [0.2, 0.25) is 0 Å². The van der Waals surface area contributed by atoms with Crippen LogP contribution >= 0.6 is 0 Å². The van der Waals surface area contributed by atoms with Crippen LogP contribution in [-0.4, -0.2) is 9.97 Å². The van der Waals surface area contributed by atoms with E-state index in [-0.39, 0.29) is 12.4 Å². The molecule has 1 heterocycles. The molecule has 0 radical (unpaired) electrons. The molecule has 0 saturated carbocycles. The molecule has 3 aromatic carbocycles. The van der Waals surface area contributed by atoms with Gasteiger partial charge in [0.2, 0.25) is 5.95 Å². The molecule has 0 bridgehead atoms. The predicted molar refractivity (Wildman–Crippen MR) is 103 cm³/mol. The van der Waals surface area contributed by atoms with Crippen LogP contribution in [0.1, 0.15) is 5.56 Å². The fourth-order valence-corrected chi connectivity index (χ4v) is 2.70. The fraction of sp³-hybridized carbons (Fsp3) is 0.0476. The smallest absolute Gasteiger partial charge is 0.229 e. The second-order valence-electron chi connectivity index (χ2n) is 5.74. The average Bonchev–Trinajstić information content (AvgIpc) is 2.68. The second-order valence-corrected chi connectivity index (χ2v) is 5.74. The highest BCUT2D eigenvalue weighted by molar-refractivity contribution is 5.90. The van der Waals surface area contributed by atoms with E-state index in [0.29, 0.717) is 12.5 Å². The number of halogens is 1. The first-order valence-corrected chi connectivity index (χ1v) is 8.25. The van der Waals surface area contributed by atoms with Gasteiger partial charge in [0.25, 0.3) is 0 Å². The third-order valence-electron chi connectivity index (χ3n) is 3.94. The summed E-state index contributed by atoms with van der Waals surface area (Å²) in [5, 5.41) is 7.72. The van der Waals surface area contributed by atoms with Crippen LogP contribution in [0.3, 0.4) is 0 Å². The molecule has 4 aromatic rings. The van der Waals surface area contributed by atoms with Crippen molar-refractivity contribution in [3.63, 3.8) is 0 Å². The molecule has 130 valence electrons. The lowest BCUT2D eigenvalue weighted by Crippen LogP contribution is -3.00. The number of rotatable bonds is 5. The Morgan fingerprint density at radius 3 is 2.12 bits per heavy atom. The Morgan fingerprint density at radius 2 is 1.35 bits per heavy atom. The summed E-state index contributed by atoms with van der Waals surface area (Å²) < 4.78 is 0. The molecular weight excluding hydrogens is 344 g/mol. The Hall–Kier alpha value is -3.11. The monoisotopic (exact) mass is 361 g/mol. The lowest BCUT2D eigenvalue weighted by Gasteiger charge is -2.12. The fourth-order valence-electron chi connectivity index (χ4n) is 2.70. The number of benzene rings is 3. The van der Waals surface area contributed by atoms with Crippen molar-refractivity contribution < 1.29 is 12.4 Å². The summed E-state index contributed by atoms with van der Waals surface area (Å²) in [5.74, 6) is 1.41. The van der Waals surface area contributed by atoms with Gasteiger partial charge in [-0.15, -0.1) is 0 Å². The summed E-state index contributed by atoms with van der Waals surface area (Å²) in [7, 11) is 0. The minimum Gasteiger partial charge on any atom is -1.00 e. The summed E-state index contributed by atoms with van der Waals surface area (Å²) in [6, 6.07) is 28.3. The molecule has 1 aromatic heterocycles. The first-order chi connectivity index (χ1) is 12.4. The largest absolute Gasteiger partial charge is 1.00 e. The maximum Gasteiger partial charge on any atom is 0.229 e. The average molecular weight is 362 g/mol. The Morgan fingerprint density at radius 1 is 0.692 bits per heavy atom. The van der Waals surface area contributed by atoms with Crippen molar-refractivity contribution in [2.75, 3.05) is 10.6 Å². The van der Waals surface area contributed by atoms with Crippen LogP contribution in [0.4, 0.5) is 17.5 Å². The Balaban J connectivity index is 0.00000196. The van der Waals surface area contributed by atoms with E-state index >= 15 is 0 Å². The number of nitrogens with one attached hydrogen (secondary N) is 2. The minimum atomic E-state index is 0. The van der Waals surface area contributed by atoms with Crippen LogP contribution in [-0.2, 0) is 6.54 Å². The summed E-state index contributed by atoms with van der Waals surface area (Å²) >= 11 is 0. The van der Waals surface area contributed by atoms with E-state index in [1.165, 1.54) is 5.56 Å².